The van der Waals surface area contributed by atoms with Crippen LogP contribution in [0.5, 0.6) is 5.75 Å². The van der Waals surface area contributed by atoms with Crippen molar-refractivity contribution in [2.24, 2.45) is 0 Å². The number of carbonyl (C=O) groups is 1. The van der Waals surface area contributed by atoms with E-state index in [1.165, 1.54) is 24.3 Å². The molecule has 0 aliphatic rings. The Morgan fingerprint density at radius 2 is 2.00 bits per heavy atom. The second-order valence-electron chi connectivity index (χ2n) is 2.71. The van der Waals surface area contributed by atoms with E-state index in [2.05, 4.69) is 0 Å². The molecule has 0 aliphatic carbocycles. The molecule has 0 saturated carbocycles. The molecule has 0 radical (unpaired) electrons. The molecule has 80 valence electrons. The highest BCUT2D eigenvalue weighted by molar-refractivity contribution is 6.35. The minimum Gasteiger partial charge on any atom is -0.512 e. The minimum absolute atomic E-state index is 0.160. The molecular formula is C9H11BO5. The Labute approximate surface area is 87.4 Å². The fraction of sp³-hybridized carbons (Fsp3) is 0.222. The largest absolute Gasteiger partial charge is 0.710 e. The van der Waals surface area contributed by atoms with Gasteiger partial charge >= 0.3 is 13.3 Å². The first-order valence-corrected chi connectivity index (χ1v) is 4.43. The van der Waals surface area contributed by atoms with Crippen LogP contribution < -0.4 is 4.65 Å². The lowest BCUT2D eigenvalue weighted by atomic mass is 10.2. The summed E-state index contributed by atoms with van der Waals surface area (Å²) in [6.07, 6.45) is 0. The van der Waals surface area contributed by atoms with Gasteiger partial charge < -0.3 is 19.4 Å². The molecule has 0 fully saturated rings. The molecule has 0 heterocycles. The molecule has 1 aromatic carbocycles. The molecule has 5 nitrogen and oxygen atoms in total. The third-order valence-electron chi connectivity index (χ3n) is 1.65. The Hall–Kier alpha value is -1.53. The maximum Gasteiger partial charge on any atom is 0.710 e. The smallest absolute Gasteiger partial charge is 0.512 e. The number of hydrogen-bond donors (Lipinski definition) is 2. The summed E-state index contributed by atoms with van der Waals surface area (Å²) in [6, 6.07) is 5.67. The molecule has 0 bridgehead atoms. The molecule has 0 spiro atoms. The summed E-state index contributed by atoms with van der Waals surface area (Å²) in [4.78, 5) is 10.5. The second-order valence-corrected chi connectivity index (χ2v) is 2.71. The van der Waals surface area contributed by atoms with Crippen molar-refractivity contribution in [3.63, 3.8) is 0 Å². The first kappa shape index (κ1) is 11.5. The third-order valence-corrected chi connectivity index (χ3v) is 1.65. The van der Waals surface area contributed by atoms with Gasteiger partial charge in [0, 0.05) is 6.61 Å². The molecular weight excluding hydrogens is 199 g/mol. The lowest BCUT2D eigenvalue weighted by Gasteiger charge is -2.08. The summed E-state index contributed by atoms with van der Waals surface area (Å²) in [6.45, 7) is 2.05. The lowest BCUT2D eigenvalue weighted by Crippen LogP contribution is -2.25. The van der Waals surface area contributed by atoms with Gasteiger partial charge in [0.25, 0.3) is 0 Å². The van der Waals surface area contributed by atoms with E-state index in [0.717, 1.165) is 0 Å². The van der Waals surface area contributed by atoms with Crippen molar-refractivity contribution >= 4 is 13.3 Å². The van der Waals surface area contributed by atoms with Crippen molar-refractivity contribution in [2.75, 3.05) is 6.61 Å². The third kappa shape index (κ3) is 3.61. The Bertz CT molecular complexity index is 324. The highest BCUT2D eigenvalue weighted by atomic mass is 16.7. The van der Waals surface area contributed by atoms with Gasteiger partial charge in [-0.25, -0.2) is 4.79 Å². The van der Waals surface area contributed by atoms with E-state index in [9.17, 15) is 4.79 Å². The highest BCUT2D eigenvalue weighted by Crippen LogP contribution is 2.12. The number of hydrogen-bond acceptors (Lipinski definition) is 4. The molecule has 6 heteroatoms. The topological polar surface area (TPSA) is 76.0 Å². The maximum absolute atomic E-state index is 10.5. The van der Waals surface area contributed by atoms with Gasteiger partial charge in [0.2, 0.25) is 0 Å². The number of benzene rings is 1. The van der Waals surface area contributed by atoms with Gasteiger partial charge in [-0.2, -0.15) is 0 Å². The van der Waals surface area contributed by atoms with Crippen LogP contribution in [0, 0.1) is 0 Å². The summed E-state index contributed by atoms with van der Waals surface area (Å²) in [5.74, 6) is -0.659. The Morgan fingerprint density at radius 1 is 1.40 bits per heavy atom. The van der Waals surface area contributed by atoms with Crippen LogP contribution in [-0.4, -0.2) is 30.0 Å². The average Bonchev–Trinajstić information content (AvgIpc) is 2.18. The van der Waals surface area contributed by atoms with E-state index in [1.807, 2.05) is 0 Å². The molecule has 0 unspecified atom stereocenters. The Balaban J connectivity index is 2.60. The van der Waals surface area contributed by atoms with E-state index in [4.69, 9.17) is 19.4 Å². The van der Waals surface area contributed by atoms with Crippen LogP contribution in [0.1, 0.15) is 17.3 Å². The van der Waals surface area contributed by atoms with Gasteiger partial charge in [-0.15, -0.1) is 0 Å². The second kappa shape index (κ2) is 5.38. The molecule has 1 rings (SSSR count). The van der Waals surface area contributed by atoms with E-state index < -0.39 is 13.3 Å². The van der Waals surface area contributed by atoms with Crippen molar-refractivity contribution < 1.29 is 24.2 Å². The van der Waals surface area contributed by atoms with Crippen molar-refractivity contribution in [1.29, 1.82) is 0 Å². The predicted octanol–water partition coefficient (Wildman–Crippen LogP) is 0.777. The molecule has 0 aliphatic heterocycles. The summed E-state index contributed by atoms with van der Waals surface area (Å²) in [5.41, 5.74) is 0.160. The van der Waals surface area contributed by atoms with E-state index in [-0.39, 0.29) is 5.56 Å². The van der Waals surface area contributed by atoms with Crippen molar-refractivity contribution in [1.82, 2.24) is 0 Å². The molecule has 0 atom stereocenters. The first-order valence-electron chi connectivity index (χ1n) is 4.43. The summed E-state index contributed by atoms with van der Waals surface area (Å²) < 4.78 is 9.67. The molecule has 1 aromatic rings. The van der Waals surface area contributed by atoms with E-state index in [0.29, 0.717) is 12.4 Å². The number of carboxylic acids is 1. The van der Waals surface area contributed by atoms with Crippen LogP contribution in [0.15, 0.2) is 24.3 Å². The quantitative estimate of drug-likeness (QED) is 0.702. The Kier molecular flexibility index (Phi) is 4.14. The van der Waals surface area contributed by atoms with Crippen molar-refractivity contribution in [2.45, 2.75) is 6.92 Å². The SMILES string of the molecule is CCOB(O)Oc1ccc(C(=O)O)cc1. The number of aromatic carboxylic acids is 1. The summed E-state index contributed by atoms with van der Waals surface area (Å²) in [7, 11) is -1.33. The van der Waals surface area contributed by atoms with Crippen LogP contribution >= 0.6 is 0 Å². The van der Waals surface area contributed by atoms with Gasteiger partial charge in [-0.05, 0) is 31.2 Å². The van der Waals surface area contributed by atoms with E-state index >= 15 is 0 Å². The fourth-order valence-electron chi connectivity index (χ4n) is 0.969. The number of carboxylic acid groups (broad SMARTS) is 1. The summed E-state index contributed by atoms with van der Waals surface area (Å²) in [5, 5.41) is 17.7. The van der Waals surface area contributed by atoms with Crippen LogP contribution in [0.3, 0.4) is 0 Å². The van der Waals surface area contributed by atoms with Crippen molar-refractivity contribution in [3.8, 4) is 5.75 Å². The van der Waals surface area contributed by atoms with E-state index in [1.54, 1.807) is 6.92 Å². The maximum atomic E-state index is 10.5. The monoisotopic (exact) mass is 210 g/mol. The van der Waals surface area contributed by atoms with Gasteiger partial charge in [-0.1, -0.05) is 0 Å². The molecule has 0 amide bonds. The predicted molar refractivity (Wildman–Crippen MR) is 53.6 cm³/mol. The van der Waals surface area contributed by atoms with Crippen molar-refractivity contribution in [3.05, 3.63) is 29.8 Å². The molecule has 0 saturated heterocycles. The molecule has 0 aromatic heterocycles. The van der Waals surface area contributed by atoms with Crippen LogP contribution in [0.25, 0.3) is 0 Å². The van der Waals surface area contributed by atoms with Gasteiger partial charge in [0.15, 0.2) is 0 Å². The van der Waals surface area contributed by atoms with Gasteiger partial charge in [-0.3, -0.25) is 0 Å². The fourth-order valence-corrected chi connectivity index (χ4v) is 0.969. The normalized spacial score (nSPS) is 9.73. The average molecular weight is 210 g/mol. The van der Waals surface area contributed by atoms with Crippen LogP contribution in [-0.2, 0) is 4.65 Å². The standard InChI is InChI=1S/C9H11BO5/c1-2-14-10(13)15-8-5-3-7(4-6-8)9(11)12/h3-6,13H,2H2,1H3,(H,11,12). The molecule has 15 heavy (non-hydrogen) atoms. The highest BCUT2D eigenvalue weighted by Gasteiger charge is 2.16. The zero-order valence-corrected chi connectivity index (χ0v) is 8.21. The van der Waals surface area contributed by atoms with Gasteiger partial charge in [0.05, 0.1) is 5.56 Å². The lowest BCUT2D eigenvalue weighted by molar-refractivity contribution is 0.0697. The van der Waals surface area contributed by atoms with Crippen LogP contribution in [0.4, 0.5) is 0 Å². The molecule has 2 N–H and O–H groups in total. The first-order chi connectivity index (χ1) is 7.13. The summed E-state index contributed by atoms with van der Waals surface area (Å²) >= 11 is 0. The minimum atomic E-state index is -1.33. The number of rotatable bonds is 5. The van der Waals surface area contributed by atoms with Gasteiger partial charge in [0.1, 0.15) is 5.75 Å². The zero-order valence-electron chi connectivity index (χ0n) is 8.21. The Morgan fingerprint density at radius 3 is 2.47 bits per heavy atom. The van der Waals surface area contributed by atoms with Crippen LogP contribution in [0.2, 0.25) is 0 Å². The zero-order chi connectivity index (χ0) is 11.3.